The fraction of sp³-hybridized carbons (Fsp3) is 0.500. The first kappa shape index (κ1) is 23.3. The van der Waals surface area contributed by atoms with Crippen molar-refractivity contribution in [3.05, 3.63) is 54.1 Å². The van der Waals surface area contributed by atoms with Crippen molar-refractivity contribution in [3.8, 4) is 16.9 Å². The lowest BCUT2D eigenvalue weighted by atomic mass is 9.94. The van der Waals surface area contributed by atoms with Gasteiger partial charge >= 0.3 is 5.97 Å². The van der Waals surface area contributed by atoms with Crippen LogP contribution < -0.4 is 4.74 Å². The molecule has 2 aromatic rings. The van der Waals surface area contributed by atoms with E-state index >= 15 is 0 Å². The molecule has 2 aromatic carbocycles. The van der Waals surface area contributed by atoms with Gasteiger partial charge in [-0.1, -0.05) is 38.1 Å². The molecule has 0 N–H and O–H groups in total. The molecule has 31 heavy (non-hydrogen) atoms. The number of esters is 1. The monoisotopic (exact) mass is 427 g/mol. The number of methoxy groups -OCH3 is 1. The van der Waals surface area contributed by atoms with Crippen LogP contribution in [0, 0.1) is 5.92 Å². The van der Waals surface area contributed by atoms with Gasteiger partial charge in [0.05, 0.1) is 19.3 Å². The zero-order valence-corrected chi connectivity index (χ0v) is 18.9. The number of carbonyl (C=O) groups is 1. The average molecular weight is 428 g/mol. The Morgan fingerprint density at radius 3 is 2.06 bits per heavy atom. The van der Waals surface area contributed by atoms with Gasteiger partial charge in [-0.3, -0.25) is 0 Å². The number of piperidine rings is 1. The van der Waals surface area contributed by atoms with Crippen LogP contribution in [0.3, 0.4) is 0 Å². The first-order chi connectivity index (χ1) is 15.0. The largest absolute Gasteiger partial charge is 0.493 e. The van der Waals surface area contributed by atoms with E-state index in [1.807, 2.05) is 50.2 Å². The van der Waals surface area contributed by atoms with Gasteiger partial charge in [-0.05, 0) is 80.1 Å². The van der Waals surface area contributed by atoms with Crippen molar-refractivity contribution in [1.82, 2.24) is 4.90 Å². The third kappa shape index (κ3) is 6.30. The number of hydrogen-bond donors (Lipinski definition) is 0. The molecule has 0 bridgehead atoms. The molecule has 1 heterocycles. The maximum atomic E-state index is 14.6. The second kappa shape index (κ2) is 10.8. The van der Waals surface area contributed by atoms with Gasteiger partial charge < -0.3 is 14.4 Å². The van der Waals surface area contributed by atoms with Gasteiger partial charge in [0.25, 0.3) is 0 Å². The smallest absolute Gasteiger partial charge is 0.337 e. The summed E-state index contributed by atoms with van der Waals surface area (Å²) in [7, 11) is 1.38. The van der Waals surface area contributed by atoms with E-state index in [1.54, 1.807) is 12.1 Å². The number of benzene rings is 2. The summed E-state index contributed by atoms with van der Waals surface area (Å²) in [5.41, 5.74) is 1.59. The fourth-order valence-corrected chi connectivity index (χ4v) is 4.06. The quantitative estimate of drug-likeness (QED) is 0.477. The summed E-state index contributed by atoms with van der Waals surface area (Å²) in [5.74, 6) is 1.04. The van der Waals surface area contributed by atoms with Gasteiger partial charge in [-0.25, -0.2) is 9.18 Å². The van der Waals surface area contributed by atoms with Gasteiger partial charge in [0, 0.05) is 6.54 Å². The molecule has 0 spiro atoms. The van der Waals surface area contributed by atoms with E-state index in [0.717, 1.165) is 42.8 Å². The summed E-state index contributed by atoms with van der Waals surface area (Å²) in [6.45, 7) is 7.01. The summed E-state index contributed by atoms with van der Waals surface area (Å²) in [5, 5.41) is 0. The Balaban J connectivity index is 1.46. The first-order valence-corrected chi connectivity index (χ1v) is 11.3. The second-order valence-corrected chi connectivity index (χ2v) is 8.48. The van der Waals surface area contributed by atoms with Crippen molar-refractivity contribution in [2.24, 2.45) is 5.92 Å². The number of nitrogens with zero attached hydrogens (tertiary/aromatic N) is 1. The predicted molar refractivity (Wildman–Crippen MR) is 122 cm³/mol. The van der Waals surface area contributed by atoms with Crippen molar-refractivity contribution in [3.63, 3.8) is 0 Å². The van der Waals surface area contributed by atoms with Crippen LogP contribution in [0.5, 0.6) is 5.75 Å². The van der Waals surface area contributed by atoms with Crippen molar-refractivity contribution < 1.29 is 18.7 Å². The molecule has 168 valence electrons. The molecule has 0 aromatic heterocycles. The van der Waals surface area contributed by atoms with Gasteiger partial charge in [0.1, 0.15) is 11.4 Å². The SMILES string of the molecule is CCC(F)(CC)CN1CCC(COc2ccc(-c3ccc(C(=O)OC)cc3)cc2)CC1. The Morgan fingerprint density at radius 2 is 1.55 bits per heavy atom. The summed E-state index contributed by atoms with van der Waals surface area (Å²) >= 11 is 0. The van der Waals surface area contributed by atoms with Crippen LogP contribution >= 0.6 is 0 Å². The molecule has 0 radical (unpaired) electrons. The highest BCUT2D eigenvalue weighted by Gasteiger charge is 2.30. The summed E-state index contributed by atoms with van der Waals surface area (Å²) < 4.78 is 25.4. The Labute approximate surface area is 185 Å². The van der Waals surface area contributed by atoms with E-state index in [2.05, 4.69) is 4.90 Å². The molecular formula is C26H34FNO3. The molecule has 5 heteroatoms. The van der Waals surface area contributed by atoms with Crippen LogP contribution in [-0.4, -0.2) is 49.9 Å². The van der Waals surface area contributed by atoms with E-state index < -0.39 is 5.67 Å². The lowest BCUT2D eigenvalue weighted by Gasteiger charge is -2.36. The maximum absolute atomic E-state index is 14.6. The predicted octanol–water partition coefficient (Wildman–Crippen LogP) is 5.76. The van der Waals surface area contributed by atoms with Crippen LogP contribution in [0.25, 0.3) is 11.1 Å². The number of carbonyl (C=O) groups excluding carboxylic acids is 1. The van der Waals surface area contributed by atoms with Crippen LogP contribution in [0.1, 0.15) is 49.9 Å². The number of halogens is 1. The molecule has 0 amide bonds. The number of likely N-dealkylation sites (tertiary alicyclic amines) is 1. The Morgan fingerprint density at radius 1 is 1.00 bits per heavy atom. The third-order valence-corrected chi connectivity index (χ3v) is 6.46. The standard InChI is InChI=1S/C26H34FNO3/c1-4-26(27,5-2)19-28-16-14-20(15-17-28)18-31-24-12-10-22(11-13-24)21-6-8-23(9-7-21)25(29)30-3/h6-13,20H,4-5,14-19H2,1-3H3. The highest BCUT2D eigenvalue weighted by atomic mass is 19.1. The van der Waals surface area contributed by atoms with Crippen molar-refractivity contribution in [1.29, 1.82) is 0 Å². The molecule has 1 saturated heterocycles. The van der Waals surface area contributed by atoms with E-state index in [4.69, 9.17) is 9.47 Å². The summed E-state index contributed by atoms with van der Waals surface area (Å²) in [4.78, 5) is 13.8. The van der Waals surface area contributed by atoms with E-state index in [9.17, 15) is 9.18 Å². The van der Waals surface area contributed by atoms with Gasteiger partial charge in [0.2, 0.25) is 0 Å². The molecule has 1 fully saturated rings. The molecular weight excluding hydrogens is 393 g/mol. The number of ether oxygens (including phenoxy) is 2. The molecule has 1 aliphatic rings. The molecule has 1 aliphatic heterocycles. The number of alkyl halides is 1. The highest BCUT2D eigenvalue weighted by molar-refractivity contribution is 5.89. The minimum absolute atomic E-state index is 0.333. The highest BCUT2D eigenvalue weighted by Crippen LogP contribution is 2.27. The molecule has 0 atom stereocenters. The van der Waals surface area contributed by atoms with E-state index in [-0.39, 0.29) is 5.97 Å². The summed E-state index contributed by atoms with van der Waals surface area (Å²) in [6, 6.07) is 15.4. The number of hydrogen-bond acceptors (Lipinski definition) is 4. The fourth-order valence-electron chi connectivity index (χ4n) is 4.06. The lowest BCUT2D eigenvalue weighted by Crippen LogP contribution is -2.44. The third-order valence-electron chi connectivity index (χ3n) is 6.46. The van der Waals surface area contributed by atoms with Crippen LogP contribution in [0.2, 0.25) is 0 Å². The Bertz CT molecular complexity index is 823. The van der Waals surface area contributed by atoms with Crippen LogP contribution in [0.15, 0.2) is 48.5 Å². The molecule has 0 saturated carbocycles. The number of rotatable bonds is 9. The maximum Gasteiger partial charge on any atom is 0.337 e. The molecule has 4 nitrogen and oxygen atoms in total. The normalized spacial score (nSPS) is 15.6. The van der Waals surface area contributed by atoms with Gasteiger partial charge in [0.15, 0.2) is 0 Å². The lowest BCUT2D eigenvalue weighted by molar-refractivity contribution is 0.0568. The van der Waals surface area contributed by atoms with E-state index in [1.165, 1.54) is 7.11 Å². The Hall–Kier alpha value is -2.40. The Kier molecular flexibility index (Phi) is 8.08. The minimum atomic E-state index is -1.05. The van der Waals surface area contributed by atoms with Crippen LogP contribution in [-0.2, 0) is 4.74 Å². The second-order valence-electron chi connectivity index (χ2n) is 8.48. The van der Waals surface area contributed by atoms with Crippen LogP contribution in [0.4, 0.5) is 4.39 Å². The molecule has 0 unspecified atom stereocenters. The average Bonchev–Trinajstić information content (AvgIpc) is 2.83. The minimum Gasteiger partial charge on any atom is -0.493 e. The first-order valence-electron chi connectivity index (χ1n) is 11.3. The zero-order valence-electron chi connectivity index (χ0n) is 18.9. The molecule has 3 rings (SSSR count). The molecule has 0 aliphatic carbocycles. The van der Waals surface area contributed by atoms with Crippen molar-refractivity contribution >= 4 is 5.97 Å². The zero-order chi connectivity index (χ0) is 22.3. The van der Waals surface area contributed by atoms with Gasteiger partial charge in [-0.15, -0.1) is 0 Å². The topological polar surface area (TPSA) is 38.8 Å². The van der Waals surface area contributed by atoms with Crippen molar-refractivity contribution in [2.45, 2.75) is 45.2 Å². The van der Waals surface area contributed by atoms with E-state index in [0.29, 0.717) is 37.5 Å². The summed E-state index contributed by atoms with van der Waals surface area (Å²) in [6.07, 6.45) is 3.26. The van der Waals surface area contributed by atoms with Crippen molar-refractivity contribution in [2.75, 3.05) is 33.4 Å². The van der Waals surface area contributed by atoms with Gasteiger partial charge in [-0.2, -0.15) is 0 Å².